The summed E-state index contributed by atoms with van der Waals surface area (Å²) in [4.78, 5) is 17.0. The lowest BCUT2D eigenvalue weighted by molar-refractivity contribution is -0.125. The normalized spacial score (nSPS) is 13.1. The fraction of sp³-hybridized carbons (Fsp3) is 0.444. The largest absolute Gasteiger partial charge is 0.301 e. The van der Waals surface area contributed by atoms with Gasteiger partial charge in [-0.3, -0.25) is 4.79 Å². The Kier molecular flexibility index (Phi) is 5.98. The maximum absolute atomic E-state index is 12.8. The second-order valence-corrected chi connectivity index (χ2v) is 8.56. The van der Waals surface area contributed by atoms with E-state index in [2.05, 4.69) is 52.2 Å². The van der Waals surface area contributed by atoms with Gasteiger partial charge in [-0.2, -0.15) is 0 Å². The average molecular weight is 395 g/mol. The summed E-state index contributed by atoms with van der Waals surface area (Å²) < 4.78 is 1.05. The van der Waals surface area contributed by atoms with Crippen LogP contribution in [-0.2, 0) is 4.79 Å². The Labute approximate surface area is 150 Å². The molecule has 2 rings (SSSR count). The van der Waals surface area contributed by atoms with Crippen LogP contribution in [0.5, 0.6) is 0 Å². The fourth-order valence-electron chi connectivity index (χ4n) is 2.72. The summed E-state index contributed by atoms with van der Waals surface area (Å²) in [5.74, 6) is 0.673. The summed E-state index contributed by atoms with van der Waals surface area (Å²) in [5.41, 5.74) is 0.672. The highest BCUT2D eigenvalue weighted by Gasteiger charge is 2.38. The summed E-state index contributed by atoms with van der Waals surface area (Å²) >= 11 is 4.92. The molecule has 1 unspecified atom stereocenters. The van der Waals surface area contributed by atoms with Crippen LogP contribution in [0.2, 0.25) is 0 Å². The zero-order valence-corrected chi connectivity index (χ0v) is 16.4. The van der Waals surface area contributed by atoms with Crippen LogP contribution < -0.4 is 5.32 Å². The molecule has 0 fully saturated rings. The fourth-order valence-corrected chi connectivity index (χ4v) is 3.50. The van der Waals surface area contributed by atoms with Gasteiger partial charge < -0.3 is 5.32 Å². The predicted octanol–water partition coefficient (Wildman–Crippen LogP) is 5.70. The Balaban J connectivity index is 2.28. The highest BCUT2D eigenvalue weighted by molar-refractivity contribution is 9.10. The highest BCUT2D eigenvalue weighted by Crippen LogP contribution is 2.41. The molecule has 0 aliphatic carbocycles. The van der Waals surface area contributed by atoms with Crippen LogP contribution in [-0.4, -0.2) is 10.9 Å². The Morgan fingerprint density at radius 3 is 2.48 bits per heavy atom. The van der Waals surface area contributed by atoms with E-state index in [0.717, 1.165) is 10.9 Å². The number of carbonyl (C=O) groups excluding carboxylic acids is 1. The van der Waals surface area contributed by atoms with Crippen LogP contribution in [0.15, 0.2) is 40.3 Å². The number of hydrogen-bond acceptors (Lipinski definition) is 3. The number of benzene rings is 1. The Morgan fingerprint density at radius 1 is 1.30 bits per heavy atom. The number of anilines is 1. The summed E-state index contributed by atoms with van der Waals surface area (Å²) in [5, 5.41) is 5.48. The first-order chi connectivity index (χ1) is 10.8. The molecule has 0 spiro atoms. The number of nitrogens with zero attached hydrogens (tertiary/aromatic N) is 1. The van der Waals surface area contributed by atoms with E-state index in [0.29, 0.717) is 11.0 Å². The van der Waals surface area contributed by atoms with Gasteiger partial charge in [0.15, 0.2) is 5.13 Å². The minimum absolute atomic E-state index is 0.0148. The highest BCUT2D eigenvalue weighted by atomic mass is 79.9. The smallest absolute Gasteiger partial charge is 0.232 e. The Morgan fingerprint density at radius 2 is 1.96 bits per heavy atom. The zero-order valence-electron chi connectivity index (χ0n) is 14.0. The predicted molar refractivity (Wildman–Crippen MR) is 101 cm³/mol. The van der Waals surface area contributed by atoms with Gasteiger partial charge in [-0.25, -0.2) is 4.98 Å². The second kappa shape index (κ2) is 7.58. The van der Waals surface area contributed by atoms with E-state index in [-0.39, 0.29) is 11.8 Å². The molecule has 1 atom stereocenters. The molecule has 0 saturated heterocycles. The van der Waals surface area contributed by atoms with Crippen molar-refractivity contribution >= 4 is 38.3 Å². The van der Waals surface area contributed by atoms with Gasteiger partial charge in [0.1, 0.15) is 0 Å². The van der Waals surface area contributed by atoms with Gasteiger partial charge >= 0.3 is 0 Å². The van der Waals surface area contributed by atoms with Crippen molar-refractivity contribution in [1.29, 1.82) is 0 Å². The van der Waals surface area contributed by atoms with E-state index in [4.69, 9.17) is 0 Å². The van der Waals surface area contributed by atoms with E-state index >= 15 is 0 Å². The van der Waals surface area contributed by atoms with Gasteiger partial charge in [0.25, 0.3) is 0 Å². The average Bonchev–Trinajstić information content (AvgIpc) is 2.98. The number of amides is 1. The quantitative estimate of drug-likeness (QED) is 0.682. The van der Waals surface area contributed by atoms with E-state index in [1.54, 1.807) is 6.20 Å². The molecule has 3 nitrogen and oxygen atoms in total. The van der Waals surface area contributed by atoms with Crippen molar-refractivity contribution < 1.29 is 4.79 Å². The molecular weight excluding hydrogens is 372 g/mol. The number of thiazole rings is 1. The van der Waals surface area contributed by atoms with Crippen LogP contribution in [0.3, 0.4) is 0 Å². The molecule has 23 heavy (non-hydrogen) atoms. The van der Waals surface area contributed by atoms with Crippen LogP contribution in [0, 0.1) is 11.3 Å². The van der Waals surface area contributed by atoms with E-state index in [9.17, 15) is 4.79 Å². The summed E-state index contributed by atoms with van der Waals surface area (Å²) in [6, 6.07) is 8.29. The van der Waals surface area contributed by atoms with E-state index in [1.165, 1.54) is 16.9 Å². The maximum atomic E-state index is 12.8. The third kappa shape index (κ3) is 4.64. The van der Waals surface area contributed by atoms with E-state index in [1.807, 2.05) is 31.4 Å². The van der Waals surface area contributed by atoms with Gasteiger partial charge in [0.05, 0.1) is 5.41 Å². The number of hydrogen-bond donors (Lipinski definition) is 1. The van der Waals surface area contributed by atoms with Gasteiger partial charge in [-0.15, -0.1) is 11.3 Å². The first-order valence-electron chi connectivity index (χ1n) is 7.77. The van der Waals surface area contributed by atoms with Crippen molar-refractivity contribution in [3.63, 3.8) is 0 Å². The Bertz CT molecular complexity index is 636. The standard InChI is InChI=1S/C18H23BrN2OS/c1-12(2)11-15(13-5-7-14(19)8-6-13)18(3,4)16(22)21-17-20-9-10-23-17/h5-10,12,15H,11H2,1-4H3,(H,20,21,22). The molecule has 1 heterocycles. The lowest BCUT2D eigenvalue weighted by Crippen LogP contribution is -2.37. The molecule has 0 aliphatic heterocycles. The van der Waals surface area contributed by atoms with Gasteiger partial charge in [0, 0.05) is 16.0 Å². The van der Waals surface area contributed by atoms with Crippen molar-refractivity contribution in [3.8, 4) is 0 Å². The molecular formula is C18H23BrN2OS. The van der Waals surface area contributed by atoms with Gasteiger partial charge in [-0.05, 0) is 36.0 Å². The summed E-state index contributed by atoms with van der Waals surface area (Å²) in [6.45, 7) is 8.43. The van der Waals surface area contributed by atoms with Crippen LogP contribution in [0.4, 0.5) is 5.13 Å². The minimum Gasteiger partial charge on any atom is -0.301 e. The number of halogens is 1. The first-order valence-corrected chi connectivity index (χ1v) is 9.44. The van der Waals surface area contributed by atoms with Crippen molar-refractivity contribution in [2.24, 2.45) is 11.3 Å². The second-order valence-electron chi connectivity index (χ2n) is 6.75. The van der Waals surface area contributed by atoms with Crippen molar-refractivity contribution in [2.45, 2.75) is 40.0 Å². The lowest BCUT2D eigenvalue weighted by Gasteiger charge is -2.34. The molecule has 5 heteroatoms. The third-order valence-electron chi connectivity index (χ3n) is 4.09. The third-order valence-corrected chi connectivity index (χ3v) is 5.31. The van der Waals surface area contributed by atoms with Gasteiger partial charge in [-0.1, -0.05) is 55.8 Å². The zero-order chi connectivity index (χ0) is 17.0. The molecule has 2 aromatic rings. The van der Waals surface area contributed by atoms with Crippen molar-refractivity contribution in [1.82, 2.24) is 4.98 Å². The number of rotatable bonds is 6. The summed E-state index contributed by atoms with van der Waals surface area (Å²) in [7, 11) is 0. The molecule has 124 valence electrons. The molecule has 1 aromatic heterocycles. The number of carbonyl (C=O) groups is 1. The van der Waals surface area contributed by atoms with Crippen LogP contribution in [0.25, 0.3) is 0 Å². The Hall–Kier alpha value is -1.20. The van der Waals surface area contributed by atoms with E-state index < -0.39 is 5.41 Å². The van der Waals surface area contributed by atoms with Gasteiger partial charge in [0.2, 0.25) is 5.91 Å². The molecule has 0 radical (unpaired) electrons. The van der Waals surface area contributed by atoms with Crippen molar-refractivity contribution in [3.05, 3.63) is 45.9 Å². The maximum Gasteiger partial charge on any atom is 0.232 e. The SMILES string of the molecule is CC(C)CC(c1ccc(Br)cc1)C(C)(C)C(=O)Nc1nccs1. The molecule has 1 aromatic carbocycles. The molecule has 0 bridgehead atoms. The number of aromatic nitrogens is 1. The topological polar surface area (TPSA) is 42.0 Å². The molecule has 0 aliphatic rings. The summed E-state index contributed by atoms with van der Waals surface area (Å²) in [6.07, 6.45) is 2.66. The minimum atomic E-state index is -0.524. The number of nitrogens with one attached hydrogen (secondary N) is 1. The molecule has 1 N–H and O–H groups in total. The molecule has 0 saturated carbocycles. The van der Waals surface area contributed by atoms with Crippen LogP contribution in [0.1, 0.15) is 45.6 Å². The van der Waals surface area contributed by atoms with Crippen LogP contribution >= 0.6 is 27.3 Å². The molecule has 1 amide bonds. The monoisotopic (exact) mass is 394 g/mol. The van der Waals surface area contributed by atoms with Crippen molar-refractivity contribution in [2.75, 3.05) is 5.32 Å². The first kappa shape index (κ1) is 18.1. The lowest BCUT2D eigenvalue weighted by atomic mass is 9.70.